The molecule has 1 aliphatic carbocycles. The molecule has 0 atom stereocenters. The Labute approximate surface area is 271 Å². The van der Waals surface area contributed by atoms with Gasteiger partial charge in [0.1, 0.15) is 22.3 Å². The van der Waals surface area contributed by atoms with Crippen LogP contribution in [0.25, 0.3) is 55.0 Å². The van der Waals surface area contributed by atoms with E-state index in [2.05, 4.69) is 157 Å². The molecule has 222 valence electrons. The first-order valence-electron chi connectivity index (χ1n) is 16.1. The molecule has 2 heterocycles. The van der Waals surface area contributed by atoms with Crippen LogP contribution in [0, 0.1) is 0 Å². The van der Waals surface area contributed by atoms with Crippen LogP contribution in [0.3, 0.4) is 0 Å². The lowest BCUT2D eigenvalue weighted by Crippen LogP contribution is -2.22. The van der Waals surface area contributed by atoms with Crippen LogP contribution in [0.15, 0.2) is 167 Å². The summed E-state index contributed by atoms with van der Waals surface area (Å²) in [5.74, 6) is 0. The number of para-hydroxylation sites is 2. The van der Waals surface area contributed by atoms with Gasteiger partial charge in [0, 0.05) is 39.0 Å². The number of hydrogen-bond donors (Lipinski definition) is 0. The zero-order valence-corrected chi connectivity index (χ0v) is 25.8. The van der Waals surface area contributed by atoms with Crippen LogP contribution in [0.2, 0.25) is 0 Å². The Bertz CT molecular complexity index is 2620. The molecule has 0 radical (unpaired) electrons. The van der Waals surface area contributed by atoms with E-state index in [1.54, 1.807) is 0 Å². The van der Waals surface area contributed by atoms with E-state index in [0.717, 1.165) is 60.9 Å². The summed E-state index contributed by atoms with van der Waals surface area (Å²) in [5.41, 5.74) is 12.8. The van der Waals surface area contributed by atoms with Gasteiger partial charge in [0.05, 0.1) is 11.1 Å². The molecule has 0 unspecified atom stereocenters. The smallest absolute Gasteiger partial charge is 0.137 e. The van der Waals surface area contributed by atoms with Gasteiger partial charge in [-0.3, -0.25) is 0 Å². The summed E-state index contributed by atoms with van der Waals surface area (Å²) in [6, 6.07) is 56.0. The lowest BCUT2D eigenvalue weighted by Gasteiger charge is -2.28. The molecule has 10 rings (SSSR count). The largest absolute Gasteiger partial charge is 0.456 e. The maximum atomic E-state index is 6.70. The number of furan rings is 2. The van der Waals surface area contributed by atoms with E-state index in [1.165, 1.54) is 27.8 Å². The van der Waals surface area contributed by atoms with E-state index < -0.39 is 0 Å². The van der Waals surface area contributed by atoms with Crippen LogP contribution < -0.4 is 4.90 Å². The summed E-state index contributed by atoms with van der Waals surface area (Å²) in [7, 11) is 0. The van der Waals surface area contributed by atoms with Crippen molar-refractivity contribution in [2.75, 3.05) is 4.90 Å². The third-order valence-electron chi connectivity index (χ3n) is 10.1. The fourth-order valence-electron chi connectivity index (χ4n) is 7.93. The first-order valence-corrected chi connectivity index (χ1v) is 16.1. The van der Waals surface area contributed by atoms with Crippen molar-refractivity contribution in [1.82, 2.24) is 0 Å². The highest BCUT2D eigenvalue weighted by molar-refractivity contribution is 6.14. The van der Waals surface area contributed by atoms with Crippen molar-refractivity contribution in [3.05, 3.63) is 174 Å². The molecule has 0 N–H and O–H groups in total. The van der Waals surface area contributed by atoms with E-state index in [-0.39, 0.29) is 5.41 Å². The maximum Gasteiger partial charge on any atom is 0.137 e. The number of fused-ring (bicyclic) bond motifs is 9. The SMILES string of the molecule is CC1(c2ccc3c(c2)oc2cccc(N(c4ccccc4)c4ccc5c(c4)oc4ccccc45)c23)c2ccccc2-c2ccccc21. The number of nitrogens with zero attached hydrogens (tertiary/aromatic N) is 1. The molecule has 0 bridgehead atoms. The average Bonchev–Trinajstić information content (AvgIpc) is 3.77. The van der Waals surface area contributed by atoms with Gasteiger partial charge in [-0.2, -0.15) is 0 Å². The normalized spacial score (nSPS) is 13.4. The number of rotatable bonds is 4. The quantitative estimate of drug-likeness (QED) is 0.200. The van der Waals surface area contributed by atoms with Gasteiger partial charge in [-0.15, -0.1) is 0 Å². The Morgan fingerprint density at radius 2 is 1.06 bits per heavy atom. The standard InChI is InChI=1S/C44H29NO2/c1-44(36-17-8-5-14-31(36)32-15-6-9-18-37(32)44)28-22-24-35-41(26-28)47-40-21-11-19-38(43(35)40)45(29-12-3-2-4-13-29)30-23-25-34-33-16-7-10-20-39(33)46-42(34)27-30/h2-27H,1H3. The first kappa shape index (κ1) is 26.2. The molecular weight excluding hydrogens is 574 g/mol. The third-order valence-corrected chi connectivity index (χ3v) is 10.1. The van der Waals surface area contributed by atoms with Crippen molar-refractivity contribution < 1.29 is 8.83 Å². The third kappa shape index (κ3) is 3.68. The monoisotopic (exact) mass is 603 g/mol. The van der Waals surface area contributed by atoms with Crippen LogP contribution in [0.1, 0.15) is 23.6 Å². The van der Waals surface area contributed by atoms with Crippen LogP contribution >= 0.6 is 0 Å². The zero-order chi connectivity index (χ0) is 31.1. The van der Waals surface area contributed by atoms with Crippen LogP contribution in [-0.2, 0) is 5.41 Å². The van der Waals surface area contributed by atoms with Gasteiger partial charge in [0.15, 0.2) is 0 Å². The molecule has 0 amide bonds. The highest BCUT2D eigenvalue weighted by Gasteiger charge is 2.40. The predicted octanol–water partition coefficient (Wildman–Crippen LogP) is 12.3. The van der Waals surface area contributed by atoms with Gasteiger partial charge < -0.3 is 13.7 Å². The summed E-state index contributed by atoms with van der Waals surface area (Å²) in [6.07, 6.45) is 0. The summed E-state index contributed by atoms with van der Waals surface area (Å²) in [6.45, 7) is 2.35. The summed E-state index contributed by atoms with van der Waals surface area (Å²) in [5, 5.41) is 4.41. The second-order valence-electron chi connectivity index (χ2n) is 12.6. The molecule has 0 saturated carbocycles. The Balaban J connectivity index is 1.18. The van der Waals surface area contributed by atoms with Crippen molar-refractivity contribution in [3.63, 3.8) is 0 Å². The van der Waals surface area contributed by atoms with Gasteiger partial charge in [-0.25, -0.2) is 0 Å². The van der Waals surface area contributed by atoms with E-state index in [1.807, 2.05) is 12.1 Å². The minimum Gasteiger partial charge on any atom is -0.456 e. The minimum atomic E-state index is -0.290. The van der Waals surface area contributed by atoms with Crippen LogP contribution in [-0.4, -0.2) is 0 Å². The van der Waals surface area contributed by atoms with Crippen LogP contribution in [0.4, 0.5) is 17.1 Å². The summed E-state index contributed by atoms with van der Waals surface area (Å²) >= 11 is 0. The van der Waals surface area contributed by atoms with Gasteiger partial charge in [0.2, 0.25) is 0 Å². The molecule has 1 aliphatic rings. The Hall–Kier alpha value is -6.06. The van der Waals surface area contributed by atoms with E-state index in [0.29, 0.717) is 0 Å². The molecular formula is C44H29NO2. The van der Waals surface area contributed by atoms with Gasteiger partial charge >= 0.3 is 0 Å². The van der Waals surface area contributed by atoms with Gasteiger partial charge in [-0.05, 0) is 83.3 Å². The van der Waals surface area contributed by atoms with E-state index in [9.17, 15) is 0 Å². The molecule has 3 heteroatoms. The second kappa shape index (κ2) is 9.72. The average molecular weight is 604 g/mol. The molecule has 7 aromatic carbocycles. The minimum absolute atomic E-state index is 0.290. The van der Waals surface area contributed by atoms with Gasteiger partial charge in [-0.1, -0.05) is 103 Å². The van der Waals surface area contributed by atoms with Crippen molar-refractivity contribution in [2.24, 2.45) is 0 Å². The summed E-state index contributed by atoms with van der Waals surface area (Å²) in [4.78, 5) is 2.31. The van der Waals surface area contributed by atoms with E-state index in [4.69, 9.17) is 8.83 Å². The molecule has 9 aromatic rings. The van der Waals surface area contributed by atoms with Crippen molar-refractivity contribution in [3.8, 4) is 11.1 Å². The topological polar surface area (TPSA) is 29.5 Å². The fraction of sp³-hybridized carbons (Fsp3) is 0.0455. The zero-order valence-electron chi connectivity index (χ0n) is 25.8. The molecule has 0 spiro atoms. The lowest BCUT2D eigenvalue weighted by atomic mass is 9.74. The highest BCUT2D eigenvalue weighted by atomic mass is 16.3. The molecule has 0 saturated heterocycles. The van der Waals surface area contributed by atoms with E-state index >= 15 is 0 Å². The second-order valence-corrected chi connectivity index (χ2v) is 12.6. The number of anilines is 3. The molecule has 2 aromatic heterocycles. The molecule has 0 fully saturated rings. The van der Waals surface area contributed by atoms with Crippen LogP contribution in [0.5, 0.6) is 0 Å². The van der Waals surface area contributed by atoms with Crippen molar-refractivity contribution >= 4 is 60.9 Å². The maximum absolute atomic E-state index is 6.70. The van der Waals surface area contributed by atoms with Gasteiger partial charge in [0.25, 0.3) is 0 Å². The first-order chi connectivity index (χ1) is 23.2. The fourth-order valence-corrected chi connectivity index (χ4v) is 7.93. The summed E-state index contributed by atoms with van der Waals surface area (Å²) < 4.78 is 13.0. The molecule has 0 aliphatic heterocycles. The molecule has 3 nitrogen and oxygen atoms in total. The van der Waals surface area contributed by atoms with Crippen molar-refractivity contribution in [1.29, 1.82) is 0 Å². The highest BCUT2D eigenvalue weighted by Crippen LogP contribution is 2.53. The Morgan fingerprint density at radius 1 is 0.447 bits per heavy atom. The Kier molecular flexibility index (Phi) is 5.41. The lowest BCUT2D eigenvalue weighted by molar-refractivity contribution is 0.662. The van der Waals surface area contributed by atoms with Crippen molar-refractivity contribution in [2.45, 2.75) is 12.3 Å². The Morgan fingerprint density at radius 3 is 1.87 bits per heavy atom. The number of hydrogen-bond acceptors (Lipinski definition) is 3. The molecule has 47 heavy (non-hydrogen) atoms. The number of benzene rings is 7. The predicted molar refractivity (Wildman–Crippen MR) is 193 cm³/mol.